The Hall–Kier alpha value is -2.69. The summed E-state index contributed by atoms with van der Waals surface area (Å²) in [6.07, 6.45) is 0.748. The van der Waals surface area contributed by atoms with Crippen molar-refractivity contribution >= 4 is 6.29 Å². The van der Waals surface area contributed by atoms with E-state index in [-0.39, 0.29) is 6.79 Å². The average Bonchev–Trinajstić information content (AvgIpc) is 3.00. The first-order valence-corrected chi connectivity index (χ1v) is 6.45. The highest BCUT2D eigenvalue weighted by Gasteiger charge is 2.14. The van der Waals surface area contributed by atoms with Gasteiger partial charge >= 0.3 is 0 Å². The number of ether oxygens (including phenoxy) is 4. The Morgan fingerprint density at radius 1 is 1.19 bits per heavy atom. The normalized spacial score (nSPS) is 12.0. The van der Waals surface area contributed by atoms with Gasteiger partial charge in [-0.25, -0.2) is 0 Å². The maximum atomic E-state index is 11.1. The van der Waals surface area contributed by atoms with Crippen molar-refractivity contribution in [3.8, 4) is 23.0 Å². The first-order chi connectivity index (χ1) is 10.3. The summed E-state index contributed by atoms with van der Waals surface area (Å²) >= 11 is 0. The van der Waals surface area contributed by atoms with E-state index in [1.165, 1.54) is 7.11 Å². The van der Waals surface area contributed by atoms with Crippen molar-refractivity contribution in [3.05, 3.63) is 47.5 Å². The quantitative estimate of drug-likeness (QED) is 0.791. The maximum Gasteiger partial charge on any atom is 0.231 e. The molecule has 0 fully saturated rings. The summed E-state index contributed by atoms with van der Waals surface area (Å²) in [7, 11) is 1.54. The molecule has 21 heavy (non-hydrogen) atoms. The van der Waals surface area contributed by atoms with Crippen LogP contribution in [0, 0.1) is 0 Å². The fraction of sp³-hybridized carbons (Fsp3) is 0.188. The van der Waals surface area contributed by atoms with Crippen LogP contribution in [0.25, 0.3) is 0 Å². The molecule has 2 aromatic rings. The van der Waals surface area contributed by atoms with Crippen LogP contribution in [0.4, 0.5) is 0 Å². The molecule has 0 atom stereocenters. The molecule has 0 N–H and O–H groups in total. The number of carbonyl (C=O) groups excluding carboxylic acids is 1. The van der Waals surface area contributed by atoms with Crippen LogP contribution in [0.2, 0.25) is 0 Å². The molecule has 0 saturated carbocycles. The number of hydrogen-bond donors (Lipinski definition) is 0. The molecule has 5 heteroatoms. The van der Waals surface area contributed by atoms with Crippen molar-refractivity contribution in [1.29, 1.82) is 0 Å². The van der Waals surface area contributed by atoms with Gasteiger partial charge in [0.2, 0.25) is 6.79 Å². The van der Waals surface area contributed by atoms with E-state index in [0.29, 0.717) is 29.4 Å². The van der Waals surface area contributed by atoms with E-state index in [1.807, 2.05) is 18.2 Å². The molecule has 0 saturated heterocycles. The summed E-state index contributed by atoms with van der Waals surface area (Å²) in [5, 5.41) is 0. The standard InChI is InChI=1S/C16H14O5/c1-18-14-4-2-3-12(8-17)16(14)19-9-11-5-6-13-15(7-11)21-10-20-13/h2-8H,9-10H2,1H3. The SMILES string of the molecule is COc1cccc(C=O)c1OCc1ccc2c(c1)OCO2. The van der Waals surface area contributed by atoms with Crippen molar-refractivity contribution in [3.63, 3.8) is 0 Å². The molecular formula is C16H14O5. The van der Waals surface area contributed by atoms with E-state index < -0.39 is 0 Å². The van der Waals surface area contributed by atoms with Crippen LogP contribution in [-0.2, 0) is 6.61 Å². The fourth-order valence-electron chi connectivity index (χ4n) is 2.13. The zero-order valence-electron chi connectivity index (χ0n) is 11.5. The number of hydrogen-bond acceptors (Lipinski definition) is 5. The number of methoxy groups -OCH3 is 1. The topological polar surface area (TPSA) is 54.0 Å². The molecule has 0 spiro atoms. The van der Waals surface area contributed by atoms with E-state index in [2.05, 4.69) is 0 Å². The van der Waals surface area contributed by atoms with E-state index >= 15 is 0 Å². The van der Waals surface area contributed by atoms with Crippen LogP contribution in [0.15, 0.2) is 36.4 Å². The van der Waals surface area contributed by atoms with Gasteiger partial charge in [0.25, 0.3) is 0 Å². The number of carbonyl (C=O) groups is 1. The smallest absolute Gasteiger partial charge is 0.231 e. The van der Waals surface area contributed by atoms with E-state index in [9.17, 15) is 4.79 Å². The molecule has 1 aliphatic heterocycles. The van der Waals surface area contributed by atoms with Gasteiger partial charge < -0.3 is 18.9 Å². The molecule has 1 heterocycles. The van der Waals surface area contributed by atoms with Crippen molar-refractivity contribution in [2.45, 2.75) is 6.61 Å². The zero-order valence-corrected chi connectivity index (χ0v) is 11.5. The molecule has 5 nitrogen and oxygen atoms in total. The highest BCUT2D eigenvalue weighted by molar-refractivity contribution is 5.81. The van der Waals surface area contributed by atoms with Gasteiger partial charge in [-0.05, 0) is 29.8 Å². The molecule has 0 radical (unpaired) electrons. The summed E-state index contributed by atoms with van der Waals surface area (Å²) in [5.41, 5.74) is 1.37. The van der Waals surface area contributed by atoms with E-state index in [4.69, 9.17) is 18.9 Å². The second kappa shape index (κ2) is 5.75. The lowest BCUT2D eigenvalue weighted by atomic mass is 10.2. The molecule has 2 aromatic carbocycles. The van der Waals surface area contributed by atoms with Gasteiger partial charge in [-0.2, -0.15) is 0 Å². The van der Waals surface area contributed by atoms with Gasteiger partial charge in [0.15, 0.2) is 29.3 Å². The molecule has 0 aliphatic carbocycles. The largest absolute Gasteiger partial charge is 0.493 e. The summed E-state index contributed by atoms with van der Waals surface area (Å²) in [6.45, 7) is 0.541. The highest BCUT2D eigenvalue weighted by atomic mass is 16.7. The second-order valence-electron chi connectivity index (χ2n) is 4.47. The summed E-state index contributed by atoms with van der Waals surface area (Å²) in [4.78, 5) is 11.1. The Morgan fingerprint density at radius 3 is 2.86 bits per heavy atom. The van der Waals surface area contributed by atoms with Gasteiger partial charge in [-0.3, -0.25) is 4.79 Å². The Morgan fingerprint density at radius 2 is 2.05 bits per heavy atom. The minimum absolute atomic E-state index is 0.238. The van der Waals surface area contributed by atoms with Gasteiger partial charge in [0.05, 0.1) is 12.7 Å². The molecule has 0 amide bonds. The lowest BCUT2D eigenvalue weighted by Gasteiger charge is -2.12. The number of fused-ring (bicyclic) bond motifs is 1. The first kappa shape index (κ1) is 13.3. The van der Waals surface area contributed by atoms with Gasteiger partial charge in [-0.15, -0.1) is 0 Å². The minimum atomic E-state index is 0.238. The molecule has 0 bridgehead atoms. The van der Waals surface area contributed by atoms with E-state index in [1.54, 1.807) is 18.2 Å². The number of benzene rings is 2. The van der Waals surface area contributed by atoms with Crippen molar-refractivity contribution in [2.75, 3.05) is 13.9 Å². The van der Waals surface area contributed by atoms with Gasteiger partial charge in [-0.1, -0.05) is 12.1 Å². The summed E-state index contributed by atoms with van der Waals surface area (Å²) < 4.78 is 21.5. The number of rotatable bonds is 5. The summed E-state index contributed by atoms with van der Waals surface area (Å²) in [5.74, 6) is 2.39. The molecule has 1 aliphatic rings. The van der Waals surface area contributed by atoms with Crippen molar-refractivity contribution < 1.29 is 23.7 Å². The molecule has 0 unspecified atom stereocenters. The van der Waals surface area contributed by atoms with Crippen LogP contribution >= 0.6 is 0 Å². The van der Waals surface area contributed by atoms with Gasteiger partial charge in [0, 0.05) is 0 Å². The van der Waals surface area contributed by atoms with E-state index in [0.717, 1.165) is 17.6 Å². The van der Waals surface area contributed by atoms with Crippen molar-refractivity contribution in [1.82, 2.24) is 0 Å². The maximum absolute atomic E-state index is 11.1. The third-order valence-corrected chi connectivity index (χ3v) is 3.18. The summed E-state index contributed by atoms with van der Waals surface area (Å²) in [6, 6.07) is 10.8. The van der Waals surface area contributed by atoms with Crippen molar-refractivity contribution in [2.24, 2.45) is 0 Å². The molecule has 0 aromatic heterocycles. The van der Waals surface area contributed by atoms with Crippen LogP contribution in [0.5, 0.6) is 23.0 Å². The predicted molar refractivity (Wildman–Crippen MR) is 75.3 cm³/mol. The highest BCUT2D eigenvalue weighted by Crippen LogP contribution is 2.34. The average molecular weight is 286 g/mol. The third-order valence-electron chi connectivity index (χ3n) is 3.18. The Labute approximate surface area is 122 Å². The molecular weight excluding hydrogens is 272 g/mol. The minimum Gasteiger partial charge on any atom is -0.493 e. The zero-order chi connectivity index (χ0) is 14.7. The predicted octanol–water partition coefficient (Wildman–Crippen LogP) is 2.82. The van der Waals surface area contributed by atoms with Crippen LogP contribution < -0.4 is 18.9 Å². The van der Waals surface area contributed by atoms with Crippen LogP contribution in [0.1, 0.15) is 15.9 Å². The Balaban J connectivity index is 1.80. The lowest BCUT2D eigenvalue weighted by Crippen LogP contribution is -2.00. The Kier molecular flexibility index (Phi) is 3.64. The second-order valence-corrected chi connectivity index (χ2v) is 4.47. The Bertz CT molecular complexity index is 666. The van der Waals surface area contributed by atoms with Crippen LogP contribution in [0.3, 0.4) is 0 Å². The van der Waals surface area contributed by atoms with Crippen LogP contribution in [-0.4, -0.2) is 20.2 Å². The number of aldehydes is 1. The monoisotopic (exact) mass is 286 g/mol. The first-order valence-electron chi connectivity index (χ1n) is 6.45. The lowest BCUT2D eigenvalue weighted by molar-refractivity contribution is 0.111. The van der Waals surface area contributed by atoms with Gasteiger partial charge in [0.1, 0.15) is 6.61 Å². The molecule has 3 rings (SSSR count). The number of para-hydroxylation sites is 1. The molecule has 108 valence electrons. The third kappa shape index (κ3) is 2.63. The fourth-order valence-corrected chi connectivity index (χ4v) is 2.13.